The summed E-state index contributed by atoms with van der Waals surface area (Å²) in [6.45, 7) is 5.47. The third-order valence-electron chi connectivity index (χ3n) is 6.63. The standard InChI is InChI=1S/C17H25N3/c1-10-15-9-18-2-3-20(15)17(19-10)16-13-5-11-4-12(7-13)8-14(16)6-11/h11-14,16,18H,2-9H2,1H3. The summed E-state index contributed by atoms with van der Waals surface area (Å²) >= 11 is 0. The third kappa shape index (κ3) is 1.53. The molecule has 1 aromatic rings. The molecule has 6 rings (SSSR count). The first-order valence-corrected chi connectivity index (χ1v) is 8.56. The monoisotopic (exact) mass is 271 g/mol. The molecule has 108 valence electrons. The molecule has 4 aliphatic carbocycles. The summed E-state index contributed by atoms with van der Waals surface area (Å²) in [5.41, 5.74) is 2.74. The first-order valence-electron chi connectivity index (χ1n) is 8.56. The van der Waals surface area contributed by atoms with Crippen LogP contribution in [0.4, 0.5) is 0 Å². The van der Waals surface area contributed by atoms with E-state index < -0.39 is 0 Å². The summed E-state index contributed by atoms with van der Waals surface area (Å²) in [4.78, 5) is 5.06. The molecule has 0 atom stereocenters. The Morgan fingerprint density at radius 3 is 2.45 bits per heavy atom. The Bertz CT molecular complexity index is 517. The molecule has 0 saturated heterocycles. The van der Waals surface area contributed by atoms with Crippen LogP contribution in [0, 0.1) is 30.6 Å². The number of hydrogen-bond acceptors (Lipinski definition) is 2. The maximum absolute atomic E-state index is 5.06. The lowest BCUT2D eigenvalue weighted by Crippen LogP contribution is -2.45. The topological polar surface area (TPSA) is 29.9 Å². The highest BCUT2D eigenvalue weighted by Crippen LogP contribution is 2.59. The van der Waals surface area contributed by atoms with Crippen molar-refractivity contribution in [3.05, 3.63) is 17.2 Å². The van der Waals surface area contributed by atoms with Crippen molar-refractivity contribution >= 4 is 0 Å². The maximum atomic E-state index is 5.06. The Balaban J connectivity index is 1.57. The van der Waals surface area contributed by atoms with Crippen LogP contribution in [0.25, 0.3) is 0 Å². The van der Waals surface area contributed by atoms with E-state index >= 15 is 0 Å². The van der Waals surface area contributed by atoms with Crippen LogP contribution >= 0.6 is 0 Å². The normalized spacial score (nSPS) is 42.0. The van der Waals surface area contributed by atoms with Crippen LogP contribution in [0.1, 0.15) is 55.2 Å². The van der Waals surface area contributed by atoms with Crippen molar-refractivity contribution in [3.63, 3.8) is 0 Å². The van der Waals surface area contributed by atoms with E-state index in [-0.39, 0.29) is 0 Å². The van der Waals surface area contributed by atoms with E-state index in [1.165, 1.54) is 42.9 Å². The van der Waals surface area contributed by atoms with Crippen LogP contribution < -0.4 is 5.32 Å². The quantitative estimate of drug-likeness (QED) is 0.851. The van der Waals surface area contributed by atoms with Gasteiger partial charge < -0.3 is 9.88 Å². The van der Waals surface area contributed by atoms with Crippen molar-refractivity contribution < 1.29 is 0 Å². The first kappa shape index (κ1) is 11.8. The summed E-state index contributed by atoms with van der Waals surface area (Å²) in [6.07, 6.45) is 7.53. The van der Waals surface area contributed by atoms with Gasteiger partial charge >= 0.3 is 0 Å². The zero-order valence-corrected chi connectivity index (χ0v) is 12.4. The summed E-state index contributed by atoms with van der Waals surface area (Å²) in [5.74, 6) is 6.28. The molecule has 1 aromatic heterocycles. The van der Waals surface area contributed by atoms with Gasteiger partial charge in [-0.25, -0.2) is 4.98 Å². The Hall–Kier alpha value is -0.830. The Labute approximate surface area is 121 Å². The van der Waals surface area contributed by atoms with Crippen LogP contribution in [-0.4, -0.2) is 16.1 Å². The minimum atomic E-state index is 0.786. The predicted octanol–water partition coefficient (Wildman–Crippen LogP) is 2.83. The maximum Gasteiger partial charge on any atom is 0.112 e. The highest BCUT2D eigenvalue weighted by molar-refractivity contribution is 5.22. The van der Waals surface area contributed by atoms with Gasteiger partial charge in [-0.3, -0.25) is 0 Å². The van der Waals surface area contributed by atoms with Gasteiger partial charge in [-0.15, -0.1) is 0 Å². The fourth-order valence-electron chi connectivity index (χ4n) is 6.10. The molecule has 4 bridgehead atoms. The molecule has 0 spiro atoms. The van der Waals surface area contributed by atoms with Crippen LogP contribution in [0.5, 0.6) is 0 Å². The molecule has 5 aliphatic rings. The molecule has 2 heterocycles. The number of hydrogen-bond donors (Lipinski definition) is 1. The van der Waals surface area contributed by atoms with Crippen LogP contribution in [0.2, 0.25) is 0 Å². The molecule has 20 heavy (non-hydrogen) atoms. The molecule has 0 unspecified atom stereocenters. The second-order valence-corrected chi connectivity index (χ2v) is 7.79. The lowest BCUT2D eigenvalue weighted by Gasteiger charge is -2.54. The third-order valence-corrected chi connectivity index (χ3v) is 6.63. The Kier molecular flexibility index (Phi) is 2.41. The lowest BCUT2D eigenvalue weighted by molar-refractivity contribution is -0.00693. The molecular weight excluding hydrogens is 246 g/mol. The van der Waals surface area contributed by atoms with Crippen molar-refractivity contribution in [2.75, 3.05) is 6.54 Å². The largest absolute Gasteiger partial charge is 0.329 e. The number of nitrogens with one attached hydrogen (secondary N) is 1. The minimum absolute atomic E-state index is 0.786. The van der Waals surface area contributed by atoms with Gasteiger partial charge in [-0.2, -0.15) is 0 Å². The second-order valence-electron chi connectivity index (χ2n) is 7.79. The molecule has 1 N–H and O–H groups in total. The molecule has 4 fully saturated rings. The van der Waals surface area contributed by atoms with E-state index in [1.54, 1.807) is 6.42 Å². The molecule has 0 aromatic carbocycles. The molecule has 0 amide bonds. The van der Waals surface area contributed by atoms with E-state index in [9.17, 15) is 0 Å². The summed E-state index contributed by atoms with van der Waals surface area (Å²) < 4.78 is 2.58. The predicted molar refractivity (Wildman–Crippen MR) is 78.5 cm³/mol. The fourth-order valence-corrected chi connectivity index (χ4v) is 6.10. The first-order chi connectivity index (χ1) is 9.79. The highest BCUT2D eigenvalue weighted by Gasteiger charge is 2.50. The van der Waals surface area contributed by atoms with E-state index in [4.69, 9.17) is 4.98 Å². The van der Waals surface area contributed by atoms with Crippen LogP contribution in [0.3, 0.4) is 0 Å². The van der Waals surface area contributed by atoms with Gasteiger partial charge in [0.25, 0.3) is 0 Å². The van der Waals surface area contributed by atoms with E-state index in [1.807, 2.05) is 0 Å². The minimum Gasteiger partial charge on any atom is -0.329 e. The van der Waals surface area contributed by atoms with Crippen LogP contribution in [-0.2, 0) is 13.1 Å². The Morgan fingerprint density at radius 1 is 1.05 bits per heavy atom. The number of rotatable bonds is 1. The molecule has 1 aliphatic heterocycles. The zero-order valence-electron chi connectivity index (χ0n) is 12.4. The van der Waals surface area contributed by atoms with Crippen molar-refractivity contribution in [2.24, 2.45) is 23.7 Å². The lowest BCUT2D eigenvalue weighted by atomic mass is 9.51. The highest BCUT2D eigenvalue weighted by atomic mass is 15.2. The number of aryl methyl sites for hydroxylation is 1. The van der Waals surface area contributed by atoms with E-state index in [0.717, 1.165) is 49.2 Å². The van der Waals surface area contributed by atoms with Crippen LogP contribution in [0.15, 0.2) is 0 Å². The van der Waals surface area contributed by atoms with E-state index in [2.05, 4.69) is 16.8 Å². The summed E-state index contributed by atoms with van der Waals surface area (Å²) in [7, 11) is 0. The smallest absolute Gasteiger partial charge is 0.112 e. The van der Waals surface area contributed by atoms with Gasteiger partial charge in [-0.05, 0) is 62.7 Å². The van der Waals surface area contributed by atoms with Gasteiger partial charge in [0.15, 0.2) is 0 Å². The van der Waals surface area contributed by atoms with Gasteiger partial charge in [0.2, 0.25) is 0 Å². The van der Waals surface area contributed by atoms with Gasteiger partial charge in [0.05, 0.1) is 11.4 Å². The fraction of sp³-hybridized carbons (Fsp3) is 0.824. The number of nitrogens with zero attached hydrogens (tertiary/aromatic N) is 2. The van der Waals surface area contributed by atoms with Crippen molar-refractivity contribution in [3.8, 4) is 0 Å². The summed E-state index contributed by atoms with van der Waals surface area (Å²) in [5, 5.41) is 3.50. The van der Waals surface area contributed by atoms with Gasteiger partial charge in [-0.1, -0.05) is 0 Å². The summed E-state index contributed by atoms with van der Waals surface area (Å²) in [6, 6.07) is 0. The molecule has 0 radical (unpaired) electrons. The SMILES string of the molecule is Cc1nc(C2C3CC4CC(C3)CC2C4)n2c1CNCC2. The number of fused-ring (bicyclic) bond motifs is 1. The van der Waals surface area contributed by atoms with E-state index in [0.29, 0.717) is 0 Å². The average molecular weight is 271 g/mol. The number of aromatic nitrogens is 2. The Morgan fingerprint density at radius 2 is 1.75 bits per heavy atom. The number of imidazole rings is 1. The van der Waals surface area contributed by atoms with Crippen molar-refractivity contribution in [1.82, 2.24) is 14.9 Å². The average Bonchev–Trinajstić information content (AvgIpc) is 2.76. The molecular formula is C17H25N3. The van der Waals surface area contributed by atoms with Gasteiger partial charge in [0, 0.05) is 25.6 Å². The van der Waals surface area contributed by atoms with Gasteiger partial charge in [0.1, 0.15) is 5.82 Å². The zero-order chi connectivity index (χ0) is 13.3. The van der Waals surface area contributed by atoms with Crippen molar-refractivity contribution in [1.29, 1.82) is 0 Å². The van der Waals surface area contributed by atoms with Crippen molar-refractivity contribution in [2.45, 2.75) is 58.0 Å². The molecule has 3 heteroatoms. The molecule has 3 nitrogen and oxygen atoms in total. The second kappa shape index (κ2) is 4.09. The molecule has 4 saturated carbocycles.